The summed E-state index contributed by atoms with van der Waals surface area (Å²) in [6.07, 6.45) is 0. The molecular formula is C48H34FN3. The highest BCUT2D eigenvalue weighted by molar-refractivity contribution is 6.01. The molecule has 2 heterocycles. The predicted molar refractivity (Wildman–Crippen MR) is 214 cm³/mol. The molecule has 248 valence electrons. The van der Waals surface area contributed by atoms with Crippen LogP contribution in [0.5, 0.6) is 0 Å². The molecule has 0 fully saturated rings. The molecule has 0 aliphatic carbocycles. The smallest absolute Gasteiger partial charge is 0.123 e. The lowest BCUT2D eigenvalue weighted by Gasteiger charge is -2.26. The summed E-state index contributed by atoms with van der Waals surface area (Å²) >= 11 is 0. The van der Waals surface area contributed by atoms with Crippen molar-refractivity contribution in [2.24, 2.45) is 0 Å². The average molecular weight is 672 g/mol. The van der Waals surface area contributed by atoms with Crippen LogP contribution in [0.3, 0.4) is 0 Å². The summed E-state index contributed by atoms with van der Waals surface area (Å²) in [4.78, 5) is 2.29. The van der Waals surface area contributed by atoms with Crippen LogP contribution in [-0.4, -0.2) is 9.61 Å². The number of benzene rings is 7. The van der Waals surface area contributed by atoms with Crippen LogP contribution in [0.1, 0.15) is 5.56 Å². The number of fused-ring (bicyclic) bond motifs is 3. The molecular weight excluding hydrogens is 638 g/mol. The number of hydrogen-bond acceptors (Lipinski definition) is 2. The topological polar surface area (TPSA) is 20.5 Å². The Hall–Kier alpha value is -6.78. The Morgan fingerprint density at radius 1 is 0.462 bits per heavy atom. The largest absolute Gasteiger partial charge is 0.311 e. The van der Waals surface area contributed by atoms with Crippen LogP contribution in [0.15, 0.2) is 188 Å². The maximum Gasteiger partial charge on any atom is 0.123 e. The molecule has 4 heteroatoms. The fourth-order valence-electron chi connectivity index (χ4n) is 7.23. The number of halogens is 1. The molecule has 0 amide bonds. The van der Waals surface area contributed by atoms with Crippen molar-refractivity contribution in [3.63, 3.8) is 0 Å². The highest BCUT2D eigenvalue weighted by Gasteiger charge is 2.19. The summed E-state index contributed by atoms with van der Waals surface area (Å²) in [6.45, 7) is 2.08. The van der Waals surface area contributed by atoms with E-state index >= 15 is 0 Å². The van der Waals surface area contributed by atoms with E-state index in [0.29, 0.717) is 0 Å². The number of nitrogens with zero attached hydrogens (tertiary/aromatic N) is 3. The van der Waals surface area contributed by atoms with Gasteiger partial charge in [0.25, 0.3) is 0 Å². The molecule has 0 unspecified atom stereocenters. The van der Waals surface area contributed by atoms with Gasteiger partial charge in [-0.2, -0.15) is 5.10 Å². The van der Waals surface area contributed by atoms with Gasteiger partial charge in [0, 0.05) is 39.1 Å². The summed E-state index contributed by atoms with van der Waals surface area (Å²) in [5.74, 6) is -0.262. The van der Waals surface area contributed by atoms with Crippen LogP contribution in [0, 0.1) is 12.7 Å². The average Bonchev–Trinajstić information content (AvgIpc) is 3.56. The Morgan fingerprint density at radius 2 is 0.904 bits per heavy atom. The first-order chi connectivity index (χ1) is 25.6. The number of aromatic nitrogens is 2. The van der Waals surface area contributed by atoms with Gasteiger partial charge >= 0.3 is 0 Å². The van der Waals surface area contributed by atoms with Gasteiger partial charge in [-0.1, -0.05) is 133 Å². The third-order valence-corrected chi connectivity index (χ3v) is 9.85. The fourth-order valence-corrected chi connectivity index (χ4v) is 7.23. The van der Waals surface area contributed by atoms with Gasteiger partial charge in [-0.05, 0) is 89.2 Å². The van der Waals surface area contributed by atoms with Crippen molar-refractivity contribution in [2.45, 2.75) is 6.92 Å². The quantitative estimate of drug-likeness (QED) is 0.168. The van der Waals surface area contributed by atoms with Gasteiger partial charge in [0.15, 0.2) is 0 Å². The third-order valence-electron chi connectivity index (χ3n) is 9.85. The van der Waals surface area contributed by atoms with Gasteiger partial charge in [0.05, 0.1) is 16.9 Å². The number of pyridine rings is 1. The molecule has 0 spiro atoms. The minimum absolute atomic E-state index is 0.262. The first kappa shape index (κ1) is 31.2. The summed E-state index contributed by atoms with van der Waals surface area (Å²) in [5, 5.41) is 7.01. The molecule has 7 aromatic carbocycles. The number of hydrogen-bond donors (Lipinski definition) is 0. The van der Waals surface area contributed by atoms with E-state index < -0.39 is 0 Å². The zero-order valence-electron chi connectivity index (χ0n) is 28.6. The monoisotopic (exact) mass is 671 g/mol. The van der Waals surface area contributed by atoms with Crippen LogP contribution in [-0.2, 0) is 0 Å². The SMILES string of the molecule is Cc1c(-c2ccc(N(c3ccc(-c4ccccc4)cc3)c3ccc(-c4ccccc4)cc3)cc2)nn2c(-c3ccccc3)cc3ccc(F)cc3c12. The Bertz CT molecular complexity index is 2570. The molecule has 2 aromatic heterocycles. The van der Waals surface area contributed by atoms with Gasteiger partial charge in [-0.15, -0.1) is 0 Å². The zero-order valence-corrected chi connectivity index (χ0v) is 28.6. The summed E-state index contributed by atoms with van der Waals surface area (Å²) < 4.78 is 16.6. The second-order valence-corrected chi connectivity index (χ2v) is 13.1. The van der Waals surface area contributed by atoms with Crippen LogP contribution in [0.2, 0.25) is 0 Å². The van der Waals surface area contributed by atoms with E-state index in [4.69, 9.17) is 5.10 Å². The molecule has 0 atom stereocenters. The van der Waals surface area contributed by atoms with Crippen molar-refractivity contribution >= 4 is 33.4 Å². The Labute approximate surface area is 302 Å². The molecule has 0 saturated carbocycles. The second-order valence-electron chi connectivity index (χ2n) is 13.1. The maximum atomic E-state index is 14.6. The number of aryl methyl sites for hydroxylation is 1. The Balaban J connectivity index is 1.14. The lowest BCUT2D eigenvalue weighted by atomic mass is 10.0. The zero-order chi connectivity index (χ0) is 35.0. The minimum Gasteiger partial charge on any atom is -0.311 e. The molecule has 0 bridgehead atoms. The summed E-state index contributed by atoms with van der Waals surface area (Å²) in [6, 6.07) is 64.3. The molecule has 0 radical (unpaired) electrons. The second kappa shape index (κ2) is 13.2. The van der Waals surface area contributed by atoms with Gasteiger partial charge < -0.3 is 4.90 Å². The van der Waals surface area contributed by atoms with Crippen molar-refractivity contribution in [3.05, 3.63) is 199 Å². The van der Waals surface area contributed by atoms with E-state index in [1.807, 2.05) is 40.9 Å². The molecule has 0 aliphatic heterocycles. The molecule has 9 aromatic rings. The first-order valence-electron chi connectivity index (χ1n) is 17.5. The van der Waals surface area contributed by atoms with E-state index in [9.17, 15) is 4.39 Å². The van der Waals surface area contributed by atoms with Gasteiger partial charge in [0.1, 0.15) is 5.82 Å². The maximum absolute atomic E-state index is 14.6. The van der Waals surface area contributed by atoms with Crippen LogP contribution in [0.4, 0.5) is 21.5 Å². The lowest BCUT2D eigenvalue weighted by Crippen LogP contribution is -2.09. The van der Waals surface area contributed by atoms with E-state index in [2.05, 4.69) is 151 Å². The number of anilines is 3. The van der Waals surface area contributed by atoms with E-state index in [1.54, 1.807) is 6.07 Å². The highest BCUT2D eigenvalue weighted by Crippen LogP contribution is 2.39. The van der Waals surface area contributed by atoms with E-state index in [-0.39, 0.29) is 5.82 Å². The fraction of sp³-hybridized carbons (Fsp3) is 0.0208. The molecule has 0 aliphatic rings. The van der Waals surface area contributed by atoms with Gasteiger partial charge in [-0.3, -0.25) is 0 Å². The molecule has 3 nitrogen and oxygen atoms in total. The van der Waals surface area contributed by atoms with Crippen molar-refractivity contribution < 1.29 is 4.39 Å². The molecule has 0 saturated heterocycles. The molecule has 52 heavy (non-hydrogen) atoms. The number of rotatable bonds is 7. The first-order valence-corrected chi connectivity index (χ1v) is 17.5. The van der Waals surface area contributed by atoms with Gasteiger partial charge in [0.2, 0.25) is 0 Å². The van der Waals surface area contributed by atoms with Crippen molar-refractivity contribution in [2.75, 3.05) is 4.90 Å². The summed E-state index contributed by atoms with van der Waals surface area (Å²) in [7, 11) is 0. The molecule has 9 rings (SSSR count). The summed E-state index contributed by atoms with van der Waals surface area (Å²) in [5.41, 5.74) is 13.7. The van der Waals surface area contributed by atoms with E-state index in [1.165, 1.54) is 28.3 Å². The highest BCUT2D eigenvalue weighted by atomic mass is 19.1. The van der Waals surface area contributed by atoms with Crippen LogP contribution >= 0.6 is 0 Å². The van der Waals surface area contributed by atoms with Crippen LogP contribution in [0.25, 0.3) is 61.1 Å². The minimum atomic E-state index is -0.262. The van der Waals surface area contributed by atoms with Crippen LogP contribution < -0.4 is 4.90 Å². The predicted octanol–water partition coefficient (Wildman–Crippen LogP) is 13.1. The third kappa shape index (κ3) is 5.70. The lowest BCUT2D eigenvalue weighted by molar-refractivity contribution is 0.630. The van der Waals surface area contributed by atoms with Gasteiger partial charge in [-0.25, -0.2) is 8.91 Å². The molecule has 0 N–H and O–H groups in total. The standard InChI is InChI=1S/C48H34FN3/c1-33-47(50-52-46(38-15-9-4-10-16-38)31-40-17-24-41(49)32-45(40)48(33)52)39-22-29-44(30-23-39)51(42-25-18-36(19-26-42)34-11-5-2-6-12-34)43-27-20-37(21-28-43)35-13-7-3-8-14-35/h2-32H,1H3. The van der Waals surface area contributed by atoms with E-state index in [0.717, 1.165) is 61.4 Å². The van der Waals surface area contributed by atoms with Crippen molar-refractivity contribution in [1.29, 1.82) is 0 Å². The van der Waals surface area contributed by atoms with Crippen molar-refractivity contribution in [3.8, 4) is 44.8 Å². The Kier molecular flexibility index (Phi) is 7.90. The Morgan fingerprint density at radius 3 is 1.40 bits per heavy atom. The normalized spacial score (nSPS) is 11.3. The van der Waals surface area contributed by atoms with Crippen molar-refractivity contribution in [1.82, 2.24) is 9.61 Å².